The number of rotatable bonds is 25. The number of carbonyl (C=O) groups is 2. The first-order chi connectivity index (χ1) is 62.6. The van der Waals surface area contributed by atoms with Crippen LogP contribution in [-0.4, -0.2) is 162 Å². The number of nitrogen functional groups attached to an aromatic ring is 3. The second kappa shape index (κ2) is 37.2. The number of aromatic nitrogens is 21. The molecule has 2 aliphatic carbocycles. The van der Waals surface area contributed by atoms with Crippen molar-refractivity contribution in [1.29, 1.82) is 0 Å². The predicted octanol–water partition coefficient (Wildman–Crippen LogP) is 16.0. The van der Waals surface area contributed by atoms with Gasteiger partial charge in [-0.05, 0) is 154 Å². The van der Waals surface area contributed by atoms with E-state index < -0.39 is 33.8 Å². The Morgan fingerprint density at radius 2 is 0.870 bits per heavy atom. The zero-order valence-corrected chi connectivity index (χ0v) is 75.0. The van der Waals surface area contributed by atoms with Crippen LogP contribution in [0.1, 0.15) is 144 Å². The zero-order chi connectivity index (χ0) is 93.0. The lowest BCUT2D eigenvalue weighted by Crippen LogP contribution is -2.31. The van der Waals surface area contributed by atoms with Crippen molar-refractivity contribution in [2.45, 2.75) is 136 Å². The van der Waals surface area contributed by atoms with Gasteiger partial charge >= 0.3 is 6.18 Å². The Morgan fingerprint density at radius 3 is 1.26 bits per heavy atom. The average molecular weight is 1780 g/mol. The molecule has 2 aliphatic rings. The summed E-state index contributed by atoms with van der Waals surface area (Å²) in [6.07, 6.45) is 19.3. The highest BCUT2D eigenvalue weighted by Crippen LogP contribution is 2.53. The summed E-state index contributed by atoms with van der Waals surface area (Å²) < 4.78 is 70.5. The van der Waals surface area contributed by atoms with E-state index in [1.165, 1.54) is 27.1 Å². The molecular weight excluding hydrogens is 1680 g/mol. The van der Waals surface area contributed by atoms with Gasteiger partial charge in [-0.25, -0.2) is 34.9 Å². The maximum Gasteiger partial charge on any atom is 0.419 e. The zero-order valence-electron chi connectivity index (χ0n) is 75.0. The monoisotopic (exact) mass is 1780 g/mol. The molecule has 12 heterocycles. The van der Waals surface area contributed by atoms with E-state index in [2.05, 4.69) is 206 Å². The van der Waals surface area contributed by atoms with E-state index in [-0.39, 0.29) is 60.0 Å². The molecule has 2 unspecified atom stereocenters. The van der Waals surface area contributed by atoms with Gasteiger partial charge in [0.2, 0.25) is 29.5 Å². The molecule has 674 valence electrons. The largest absolute Gasteiger partial charge is 0.438 e. The molecule has 2 amide bonds. The molecule has 16 aromatic rings. The molecule has 2 saturated carbocycles. The van der Waals surface area contributed by atoms with Gasteiger partial charge < -0.3 is 54.8 Å². The normalized spacial score (nSPS) is 14.4. The van der Waals surface area contributed by atoms with Gasteiger partial charge in [-0.1, -0.05) is 145 Å². The number of amides is 2. The van der Waals surface area contributed by atoms with Gasteiger partial charge in [-0.15, -0.1) is 0 Å². The molecule has 0 bridgehead atoms. The number of carbonyl (C=O) groups excluding carboxylic acids is 2. The summed E-state index contributed by atoms with van der Waals surface area (Å²) in [5.41, 5.74) is 28.9. The molecule has 18 rings (SSSR count). The van der Waals surface area contributed by atoms with Crippen molar-refractivity contribution in [3.05, 3.63) is 252 Å². The minimum atomic E-state index is -4.59. The van der Waals surface area contributed by atoms with Crippen LogP contribution in [0.3, 0.4) is 0 Å². The highest BCUT2D eigenvalue weighted by molar-refractivity contribution is 5.76. The summed E-state index contributed by atoms with van der Waals surface area (Å²) in [6, 6.07) is 37.3. The van der Waals surface area contributed by atoms with E-state index in [4.69, 9.17) is 49.7 Å². The summed E-state index contributed by atoms with van der Waals surface area (Å²) in [4.78, 5) is 74.0. The molecule has 34 nitrogen and oxygen atoms in total. The molecule has 4 aromatic carbocycles. The first kappa shape index (κ1) is 90.5. The molecule has 0 aliphatic heterocycles. The van der Waals surface area contributed by atoms with Gasteiger partial charge in [0, 0.05) is 113 Å². The molecule has 12 aromatic heterocycles. The third-order valence-electron chi connectivity index (χ3n) is 24.9. The summed E-state index contributed by atoms with van der Waals surface area (Å²) in [5, 5.41) is 36.0. The van der Waals surface area contributed by atoms with Crippen LogP contribution in [-0.2, 0) is 50.5 Å². The number of nitrogens with one attached hydrogen (secondary N) is 2. The molecule has 4 atom stereocenters. The lowest BCUT2D eigenvalue weighted by atomic mass is 9.72. The Labute approximate surface area is 752 Å². The Balaban J connectivity index is 0.000000135. The number of halogens is 3. The van der Waals surface area contributed by atoms with Crippen molar-refractivity contribution >= 4 is 35.3 Å². The molecule has 0 radical (unpaired) electrons. The Hall–Kier alpha value is -15.3. The van der Waals surface area contributed by atoms with Gasteiger partial charge in [-0.3, -0.25) is 24.1 Å². The number of pyridine rings is 2. The second-order valence-electron chi connectivity index (χ2n) is 34.3. The van der Waals surface area contributed by atoms with Gasteiger partial charge in [0.05, 0.1) is 68.2 Å². The number of benzene rings is 4. The van der Waals surface area contributed by atoms with Crippen molar-refractivity contribution in [2.24, 2.45) is 23.7 Å². The lowest BCUT2D eigenvalue weighted by molar-refractivity contribution is -0.137. The van der Waals surface area contributed by atoms with E-state index in [9.17, 15) is 22.8 Å². The molecule has 2 fully saturated rings. The highest BCUT2D eigenvalue weighted by Gasteiger charge is 2.50. The minimum absolute atomic E-state index is 0.0376. The van der Waals surface area contributed by atoms with Crippen LogP contribution in [0.2, 0.25) is 0 Å². The lowest BCUT2D eigenvalue weighted by Gasteiger charge is -2.31. The maximum atomic E-state index is 13.3. The number of hydrogen-bond donors (Lipinski definition) is 5. The van der Waals surface area contributed by atoms with Crippen molar-refractivity contribution in [3.8, 4) is 90.5 Å². The van der Waals surface area contributed by atoms with Crippen LogP contribution in [0.5, 0.6) is 0 Å². The fourth-order valence-electron chi connectivity index (χ4n) is 15.5. The number of aryl methyl sites for hydroxylation is 2. The van der Waals surface area contributed by atoms with Gasteiger partial charge in [-0.2, -0.15) is 48.4 Å². The van der Waals surface area contributed by atoms with Crippen molar-refractivity contribution in [3.63, 3.8) is 0 Å². The number of nitrogens with zero attached hydrogens (tertiary/aromatic N) is 22. The Kier molecular flexibility index (Phi) is 25.7. The number of nitrogens with two attached hydrogens (primary N) is 3. The second-order valence-corrected chi connectivity index (χ2v) is 34.3. The molecule has 37 heteroatoms. The van der Waals surface area contributed by atoms with E-state index in [1.54, 1.807) is 101 Å². The van der Waals surface area contributed by atoms with E-state index >= 15 is 0 Å². The highest BCUT2D eigenvalue weighted by atomic mass is 19.4. The molecular formula is C94H100F3N27O7. The predicted molar refractivity (Wildman–Crippen MR) is 483 cm³/mol. The topological polar surface area (TPSA) is 454 Å². The van der Waals surface area contributed by atoms with E-state index in [0.29, 0.717) is 80.8 Å². The summed E-state index contributed by atoms with van der Waals surface area (Å²) in [5.74, 6) is 6.23. The molecule has 8 N–H and O–H groups in total. The number of anilines is 4. The molecule has 0 spiro atoms. The van der Waals surface area contributed by atoms with Crippen molar-refractivity contribution in [1.82, 2.24) is 115 Å². The third-order valence-corrected chi connectivity index (χ3v) is 24.9. The molecule has 0 saturated heterocycles. The van der Waals surface area contributed by atoms with Crippen LogP contribution in [0, 0.1) is 37.5 Å². The van der Waals surface area contributed by atoms with Gasteiger partial charge in [0.1, 0.15) is 24.7 Å². The third kappa shape index (κ3) is 19.2. The average Bonchev–Trinajstić information content (AvgIpc) is 1.60. The van der Waals surface area contributed by atoms with Gasteiger partial charge in [0.25, 0.3) is 23.6 Å². The van der Waals surface area contributed by atoms with Crippen LogP contribution in [0.4, 0.5) is 36.7 Å². The SMILES string of the molecule is CC(C)C(C)(c1ccc(-c2cnc(N)nc2)cc1)c1noc(-c2cnco2)n1.CN(C)C(=O)Cn1cc(-c2nc([C@@](C)(c3ccc(-c4cnc(N)c(C(F)(F)F)c4)cc3)C3CC3)no2)cn1.CNc1ccc(-c2ccc([C@](C)(c3noc(-c4cnn(CC(=O)N(C)C)c4)n3)C3CC3)cc2)cn1.Cc1n[nH]c(C)c1-c1nc(C(C)(c2ccc(-c3cnc(N)nc3)cc2)C(C)C)no1. The number of likely N-dealkylation sites (N-methyl/N-ethyl adjacent to an activating group) is 2. The van der Waals surface area contributed by atoms with Crippen molar-refractivity contribution < 1.29 is 45.3 Å². The molecule has 131 heavy (non-hydrogen) atoms. The standard InChI is InChI=1S/C26H26F3N7O2.C26H29N7O2.C22H25N7O.C20H20N6O2/c1-25(19-8-9-19,24-33-23(38-34-24)17-12-32-36(13-17)14-21(37)35(2)3)18-6-4-15(5-7-18)16-10-20(26(27,28)29)22(30)31-11-16;1-26(21-10-11-21,20-8-5-17(6-9-20)18-7-12-22(27-2)28-13-18)25-30-24(35-31-25)19-14-29-33(15-19)16-23(34)32(3)4;1-12(2)22(5,20-26-19(30-29-20)18-13(3)27-28-14(18)4)17-8-6-15(7-9-17)16-10-24-21(23)25-11-16;1-12(2)20(3,18-25-17(28-26-18)16-10-22-11-27-16)15-6-4-13(5-7-15)14-8-23-19(21)24-9-14/h4-7,10-13,19H,8-9,14H2,1-3H3,(H2,30,31);5-9,12-15,21H,10-11,16H2,1-4H3,(H,27,28);6-12H,1-5H3,(H,27,28)(H2,23,24,25);4-12H,1-3H3,(H2,21,23,24)/t25-;26-;;/m00../s1. The number of H-pyrrole nitrogens is 1. The fourth-order valence-corrected chi connectivity index (χ4v) is 15.5. The quantitative estimate of drug-likeness (QED) is 0.0355. The van der Waals surface area contributed by atoms with Crippen molar-refractivity contribution in [2.75, 3.05) is 57.8 Å². The van der Waals surface area contributed by atoms with Crippen LogP contribution in [0.15, 0.2) is 212 Å². The minimum Gasteiger partial charge on any atom is -0.438 e. The van der Waals surface area contributed by atoms with Gasteiger partial charge in [0.15, 0.2) is 29.7 Å². The summed E-state index contributed by atoms with van der Waals surface area (Å²) in [7, 11) is 8.65. The fraction of sp³-hybridized carbons (Fsp3) is 0.319. The van der Waals surface area contributed by atoms with Crippen LogP contribution >= 0.6 is 0 Å². The first-order valence-electron chi connectivity index (χ1n) is 42.4. The smallest absolute Gasteiger partial charge is 0.419 e. The Bertz CT molecular complexity index is 6580. The van der Waals surface area contributed by atoms with E-state index in [0.717, 1.165) is 110 Å². The number of aromatic amines is 1. The van der Waals surface area contributed by atoms with Crippen LogP contribution < -0.4 is 22.5 Å². The van der Waals surface area contributed by atoms with Crippen LogP contribution in [0.25, 0.3) is 90.5 Å². The maximum absolute atomic E-state index is 13.3. The number of oxazole rings is 1. The Morgan fingerprint density at radius 1 is 0.481 bits per heavy atom. The first-order valence-corrected chi connectivity index (χ1v) is 42.4. The van der Waals surface area contributed by atoms with E-state index in [1.807, 2.05) is 64.3 Å². The summed E-state index contributed by atoms with van der Waals surface area (Å²) in [6.45, 7) is 21.2. The number of alkyl halides is 3. The number of hydrogen-bond acceptors (Lipinski definition) is 29. The summed E-state index contributed by atoms with van der Waals surface area (Å²) >= 11 is 0.